The molecule has 4 rings (SSSR count). The van der Waals surface area contributed by atoms with Crippen molar-refractivity contribution >= 4 is 0 Å². The van der Waals surface area contributed by atoms with Crippen LogP contribution in [0.25, 0.3) is 0 Å². The van der Waals surface area contributed by atoms with Crippen molar-refractivity contribution in [1.82, 2.24) is 0 Å². The Hall–Kier alpha value is -0.300. The van der Waals surface area contributed by atoms with Gasteiger partial charge in [-0.1, -0.05) is 31.9 Å². The lowest BCUT2D eigenvalue weighted by Gasteiger charge is -2.57. The number of fused-ring (bicyclic) bond motifs is 5. The molecule has 4 aliphatic rings. The first kappa shape index (κ1) is 14.3. The second kappa shape index (κ2) is 4.85. The summed E-state index contributed by atoms with van der Waals surface area (Å²) < 4.78 is 5.67. The van der Waals surface area contributed by atoms with Crippen LogP contribution in [0.4, 0.5) is 0 Å². The fourth-order valence-electron chi connectivity index (χ4n) is 6.82. The molecular formula is C20H32O. The molecule has 3 saturated carbocycles. The van der Waals surface area contributed by atoms with E-state index in [9.17, 15) is 0 Å². The molecule has 0 amide bonds. The van der Waals surface area contributed by atoms with E-state index in [2.05, 4.69) is 19.9 Å². The average molecular weight is 288 g/mol. The van der Waals surface area contributed by atoms with Crippen LogP contribution in [0.1, 0.15) is 71.6 Å². The van der Waals surface area contributed by atoms with Crippen LogP contribution in [0.5, 0.6) is 0 Å². The Kier molecular flexibility index (Phi) is 3.30. The van der Waals surface area contributed by atoms with Crippen molar-refractivity contribution in [3.63, 3.8) is 0 Å². The van der Waals surface area contributed by atoms with E-state index in [1.807, 2.05) is 7.11 Å². The molecule has 21 heavy (non-hydrogen) atoms. The summed E-state index contributed by atoms with van der Waals surface area (Å²) in [5.41, 5.74) is 2.94. The summed E-state index contributed by atoms with van der Waals surface area (Å²) in [6, 6.07) is 0. The SMILES string of the molecule is CO[C@@H]1CC[C@@]2(C)C(=CC[C@@H]3[C@H]4CCC[C@]4(C)CC[C@H]32)C1. The van der Waals surface area contributed by atoms with Crippen LogP contribution < -0.4 is 0 Å². The summed E-state index contributed by atoms with van der Waals surface area (Å²) in [4.78, 5) is 0. The molecule has 0 saturated heterocycles. The maximum Gasteiger partial charge on any atom is 0.0608 e. The van der Waals surface area contributed by atoms with E-state index in [4.69, 9.17) is 4.74 Å². The predicted molar refractivity (Wildman–Crippen MR) is 87.1 cm³/mol. The molecule has 0 heterocycles. The standard InChI is InChI=1S/C20H32O/c1-19-10-4-5-17(19)16-7-6-14-13-15(21-3)8-12-20(14,2)18(16)9-11-19/h6,15-18H,4-5,7-13H2,1-3H3/t15-,16-,17-,18-,19-,20+/m1/s1. The van der Waals surface area contributed by atoms with Gasteiger partial charge in [0.2, 0.25) is 0 Å². The third-order valence-electron chi connectivity index (χ3n) is 8.17. The minimum absolute atomic E-state index is 0.487. The van der Waals surface area contributed by atoms with Crippen molar-refractivity contribution in [1.29, 1.82) is 0 Å². The van der Waals surface area contributed by atoms with Gasteiger partial charge in [0, 0.05) is 7.11 Å². The highest BCUT2D eigenvalue weighted by Gasteiger charge is 2.55. The number of hydrogen-bond acceptors (Lipinski definition) is 1. The van der Waals surface area contributed by atoms with Gasteiger partial charge in [-0.3, -0.25) is 0 Å². The van der Waals surface area contributed by atoms with Gasteiger partial charge in [-0.25, -0.2) is 0 Å². The molecule has 1 heteroatoms. The molecule has 0 aliphatic heterocycles. The average Bonchev–Trinajstić information content (AvgIpc) is 2.88. The molecule has 0 unspecified atom stereocenters. The van der Waals surface area contributed by atoms with Crippen LogP contribution in [0, 0.1) is 28.6 Å². The van der Waals surface area contributed by atoms with E-state index >= 15 is 0 Å². The van der Waals surface area contributed by atoms with Gasteiger partial charge in [0.1, 0.15) is 0 Å². The lowest BCUT2D eigenvalue weighted by molar-refractivity contribution is -0.0409. The fourth-order valence-corrected chi connectivity index (χ4v) is 6.82. The van der Waals surface area contributed by atoms with Crippen molar-refractivity contribution in [2.45, 2.75) is 77.7 Å². The molecule has 0 spiro atoms. The minimum atomic E-state index is 0.487. The summed E-state index contributed by atoms with van der Waals surface area (Å²) in [5.74, 6) is 2.97. The van der Waals surface area contributed by atoms with Gasteiger partial charge in [-0.05, 0) is 80.0 Å². The van der Waals surface area contributed by atoms with Crippen molar-refractivity contribution in [2.75, 3.05) is 7.11 Å². The first-order chi connectivity index (χ1) is 10.1. The van der Waals surface area contributed by atoms with Gasteiger partial charge in [-0.15, -0.1) is 0 Å². The topological polar surface area (TPSA) is 9.23 Å². The van der Waals surface area contributed by atoms with Crippen LogP contribution in [0.15, 0.2) is 11.6 Å². The quantitative estimate of drug-likeness (QED) is 0.591. The Morgan fingerprint density at radius 1 is 1.05 bits per heavy atom. The zero-order valence-electron chi connectivity index (χ0n) is 14.2. The number of rotatable bonds is 1. The van der Waals surface area contributed by atoms with Gasteiger partial charge >= 0.3 is 0 Å². The van der Waals surface area contributed by atoms with Crippen molar-refractivity contribution < 1.29 is 4.74 Å². The summed E-state index contributed by atoms with van der Waals surface area (Å²) in [6.07, 6.45) is 15.8. The third-order valence-corrected chi connectivity index (χ3v) is 8.17. The molecule has 0 N–H and O–H groups in total. The van der Waals surface area contributed by atoms with Gasteiger partial charge in [0.05, 0.1) is 6.10 Å². The van der Waals surface area contributed by atoms with Crippen LogP contribution in [-0.2, 0) is 4.74 Å². The third kappa shape index (κ3) is 1.99. The number of methoxy groups -OCH3 is 1. The highest BCUT2D eigenvalue weighted by Crippen LogP contribution is 2.64. The van der Waals surface area contributed by atoms with Crippen molar-refractivity contribution in [3.05, 3.63) is 11.6 Å². The Bertz CT molecular complexity index is 453. The molecule has 0 aromatic carbocycles. The second-order valence-corrected chi connectivity index (χ2v) is 8.94. The Labute approximate surface area is 130 Å². The highest BCUT2D eigenvalue weighted by molar-refractivity contribution is 5.25. The van der Waals surface area contributed by atoms with Crippen LogP contribution in [0.3, 0.4) is 0 Å². The normalized spacial score (nSPS) is 52.6. The molecule has 4 aliphatic carbocycles. The van der Waals surface area contributed by atoms with E-state index in [1.54, 1.807) is 5.57 Å². The number of allylic oxidation sites excluding steroid dienone is 1. The molecule has 3 fully saturated rings. The van der Waals surface area contributed by atoms with Gasteiger partial charge < -0.3 is 4.74 Å². The zero-order chi connectivity index (χ0) is 14.7. The van der Waals surface area contributed by atoms with E-state index < -0.39 is 0 Å². The van der Waals surface area contributed by atoms with Gasteiger partial charge in [0.15, 0.2) is 0 Å². The number of hydrogen-bond donors (Lipinski definition) is 0. The highest BCUT2D eigenvalue weighted by atomic mass is 16.5. The van der Waals surface area contributed by atoms with Crippen molar-refractivity contribution in [3.8, 4) is 0 Å². The first-order valence-electron chi connectivity index (χ1n) is 9.29. The number of ether oxygens (including phenoxy) is 1. The maximum atomic E-state index is 5.67. The predicted octanol–water partition coefficient (Wildman–Crippen LogP) is 5.35. The van der Waals surface area contributed by atoms with E-state index in [0.717, 1.165) is 17.8 Å². The minimum Gasteiger partial charge on any atom is -0.381 e. The van der Waals surface area contributed by atoms with Crippen LogP contribution >= 0.6 is 0 Å². The fraction of sp³-hybridized carbons (Fsp3) is 0.900. The Morgan fingerprint density at radius 2 is 1.90 bits per heavy atom. The molecule has 0 bridgehead atoms. The van der Waals surface area contributed by atoms with Crippen LogP contribution in [0.2, 0.25) is 0 Å². The molecule has 0 aromatic heterocycles. The van der Waals surface area contributed by atoms with Crippen molar-refractivity contribution in [2.24, 2.45) is 28.6 Å². The Morgan fingerprint density at radius 3 is 2.71 bits per heavy atom. The lowest BCUT2D eigenvalue weighted by Crippen LogP contribution is -2.49. The summed E-state index contributed by atoms with van der Waals surface area (Å²) in [6.45, 7) is 5.20. The maximum absolute atomic E-state index is 5.67. The molecule has 118 valence electrons. The molecule has 0 aromatic rings. The first-order valence-corrected chi connectivity index (χ1v) is 9.29. The van der Waals surface area contributed by atoms with E-state index in [0.29, 0.717) is 16.9 Å². The molecule has 6 atom stereocenters. The zero-order valence-corrected chi connectivity index (χ0v) is 14.2. The Balaban J connectivity index is 1.64. The summed E-state index contributed by atoms with van der Waals surface area (Å²) in [5, 5.41) is 0. The van der Waals surface area contributed by atoms with Gasteiger partial charge in [0.25, 0.3) is 0 Å². The molecule has 1 nitrogen and oxygen atoms in total. The van der Waals surface area contributed by atoms with E-state index in [1.165, 1.54) is 57.8 Å². The monoisotopic (exact) mass is 288 g/mol. The lowest BCUT2D eigenvalue weighted by atomic mass is 9.48. The smallest absolute Gasteiger partial charge is 0.0608 e. The van der Waals surface area contributed by atoms with Gasteiger partial charge in [-0.2, -0.15) is 0 Å². The largest absolute Gasteiger partial charge is 0.381 e. The van der Waals surface area contributed by atoms with E-state index in [-0.39, 0.29) is 0 Å². The molecule has 0 radical (unpaired) electrons. The summed E-state index contributed by atoms with van der Waals surface area (Å²) >= 11 is 0. The second-order valence-electron chi connectivity index (χ2n) is 8.94. The molecular weight excluding hydrogens is 256 g/mol. The summed E-state index contributed by atoms with van der Waals surface area (Å²) in [7, 11) is 1.89. The van der Waals surface area contributed by atoms with Crippen LogP contribution in [-0.4, -0.2) is 13.2 Å².